The number of hydrogen-bond acceptors (Lipinski definition) is 1. The van der Waals surface area contributed by atoms with Crippen molar-refractivity contribution in [2.45, 2.75) is 31.9 Å². The van der Waals surface area contributed by atoms with Gasteiger partial charge in [-0.05, 0) is 31.4 Å². The van der Waals surface area contributed by atoms with Crippen LogP contribution in [0.2, 0.25) is 0 Å². The largest absolute Gasteiger partial charge is 0.385 e. The fourth-order valence-corrected chi connectivity index (χ4v) is 4.06. The molecule has 3 nitrogen and oxygen atoms in total. The third-order valence-corrected chi connectivity index (χ3v) is 5.16. The van der Waals surface area contributed by atoms with Gasteiger partial charge in [0.15, 0.2) is 0 Å². The van der Waals surface area contributed by atoms with Crippen molar-refractivity contribution in [3.05, 3.63) is 48.5 Å². The summed E-state index contributed by atoms with van der Waals surface area (Å²) < 4.78 is 2.29. The molecule has 3 heteroatoms. The number of hydrogen-bond donors (Lipinski definition) is 2. The summed E-state index contributed by atoms with van der Waals surface area (Å²) in [6.07, 6.45) is 3.67. The molecule has 1 atom stereocenters. The maximum Gasteiger partial charge on any atom is 0.121 e. The van der Waals surface area contributed by atoms with Gasteiger partial charge >= 0.3 is 0 Å². The summed E-state index contributed by atoms with van der Waals surface area (Å²) in [7, 11) is 0. The van der Waals surface area contributed by atoms with Gasteiger partial charge in [0.05, 0.1) is 19.6 Å². The third-order valence-electron chi connectivity index (χ3n) is 5.16. The molecule has 1 fully saturated rings. The standard InChI is InChI=1S/C20H24N2O/c23-16(14-21-12-6-1-7-13-21)15-22-19-10-4-2-8-17(19)18-9-3-5-11-20(18)22/h2-5,8-11,16,23H,1,6-7,12-15H2/p+1. The molecule has 1 unspecified atom stereocenters. The Hall–Kier alpha value is -1.84. The summed E-state index contributed by atoms with van der Waals surface area (Å²) in [5.74, 6) is 0. The zero-order valence-electron chi connectivity index (χ0n) is 13.5. The van der Waals surface area contributed by atoms with Crippen LogP contribution in [0.4, 0.5) is 0 Å². The zero-order chi connectivity index (χ0) is 15.6. The van der Waals surface area contributed by atoms with E-state index in [1.165, 1.54) is 54.2 Å². The van der Waals surface area contributed by atoms with Gasteiger partial charge in [0, 0.05) is 21.8 Å². The Balaban J connectivity index is 1.64. The van der Waals surface area contributed by atoms with Gasteiger partial charge < -0.3 is 14.6 Å². The first-order chi connectivity index (χ1) is 11.3. The van der Waals surface area contributed by atoms with Gasteiger partial charge in [-0.15, -0.1) is 0 Å². The van der Waals surface area contributed by atoms with E-state index < -0.39 is 0 Å². The minimum Gasteiger partial charge on any atom is -0.385 e. The van der Waals surface area contributed by atoms with E-state index in [2.05, 4.69) is 53.1 Å². The summed E-state index contributed by atoms with van der Waals surface area (Å²) in [5.41, 5.74) is 2.45. The van der Waals surface area contributed by atoms with Gasteiger partial charge in [0.2, 0.25) is 0 Å². The number of piperidine rings is 1. The monoisotopic (exact) mass is 309 g/mol. The lowest BCUT2D eigenvalue weighted by Gasteiger charge is -2.26. The second kappa shape index (κ2) is 6.34. The van der Waals surface area contributed by atoms with E-state index >= 15 is 0 Å². The molecular formula is C20H25N2O+. The van der Waals surface area contributed by atoms with Crippen LogP contribution in [-0.2, 0) is 6.54 Å². The molecule has 0 spiro atoms. The van der Waals surface area contributed by atoms with Crippen molar-refractivity contribution in [2.24, 2.45) is 0 Å². The van der Waals surface area contributed by atoms with Crippen LogP contribution in [-0.4, -0.2) is 35.4 Å². The first kappa shape index (κ1) is 14.7. The van der Waals surface area contributed by atoms with Gasteiger partial charge in [-0.1, -0.05) is 36.4 Å². The number of quaternary nitrogens is 1. The molecule has 1 aromatic heterocycles. The molecular weight excluding hydrogens is 284 g/mol. The molecule has 1 aliphatic rings. The number of fused-ring (bicyclic) bond motifs is 3. The SMILES string of the molecule is OC(Cn1c2ccccc2c2ccccc21)C[NH+]1CCCCC1. The molecule has 4 rings (SSSR count). The maximum absolute atomic E-state index is 10.7. The topological polar surface area (TPSA) is 29.6 Å². The van der Waals surface area contributed by atoms with E-state index in [1.54, 1.807) is 4.90 Å². The highest BCUT2D eigenvalue weighted by molar-refractivity contribution is 6.07. The van der Waals surface area contributed by atoms with Crippen molar-refractivity contribution >= 4 is 21.8 Å². The quantitative estimate of drug-likeness (QED) is 0.760. The molecule has 120 valence electrons. The van der Waals surface area contributed by atoms with Crippen LogP contribution >= 0.6 is 0 Å². The number of likely N-dealkylation sites (tertiary alicyclic amines) is 1. The average molecular weight is 309 g/mol. The number of aliphatic hydroxyl groups is 1. The molecule has 23 heavy (non-hydrogen) atoms. The van der Waals surface area contributed by atoms with Crippen molar-refractivity contribution in [3.8, 4) is 0 Å². The minimum absolute atomic E-state index is 0.290. The zero-order valence-corrected chi connectivity index (χ0v) is 13.5. The van der Waals surface area contributed by atoms with Gasteiger partial charge in [0.1, 0.15) is 12.6 Å². The molecule has 1 saturated heterocycles. The Morgan fingerprint density at radius 3 is 2.04 bits per heavy atom. The van der Waals surface area contributed by atoms with Crippen LogP contribution in [0.15, 0.2) is 48.5 Å². The van der Waals surface area contributed by atoms with Crippen LogP contribution in [0.5, 0.6) is 0 Å². The molecule has 0 radical (unpaired) electrons. The van der Waals surface area contributed by atoms with Gasteiger partial charge in [-0.3, -0.25) is 0 Å². The normalized spacial score (nSPS) is 17.8. The molecule has 0 bridgehead atoms. The molecule has 2 aromatic carbocycles. The van der Waals surface area contributed by atoms with Crippen molar-refractivity contribution in [1.82, 2.24) is 4.57 Å². The Labute approximate surface area is 137 Å². The Kier molecular flexibility index (Phi) is 4.06. The van der Waals surface area contributed by atoms with E-state index in [4.69, 9.17) is 0 Å². The number of rotatable bonds is 4. The van der Waals surface area contributed by atoms with Crippen molar-refractivity contribution in [2.75, 3.05) is 19.6 Å². The third kappa shape index (κ3) is 2.87. The molecule has 0 amide bonds. The summed E-state index contributed by atoms with van der Waals surface area (Å²) in [5, 5.41) is 13.2. The van der Waals surface area contributed by atoms with Gasteiger partial charge in [-0.25, -0.2) is 0 Å². The predicted molar refractivity (Wildman–Crippen MR) is 94.9 cm³/mol. The molecule has 0 saturated carbocycles. The summed E-state index contributed by atoms with van der Waals surface area (Å²) >= 11 is 0. The first-order valence-corrected chi connectivity index (χ1v) is 8.80. The van der Waals surface area contributed by atoms with Crippen LogP contribution in [0.3, 0.4) is 0 Å². The summed E-state index contributed by atoms with van der Waals surface area (Å²) in [4.78, 5) is 1.56. The molecule has 3 aromatic rings. The molecule has 1 aliphatic heterocycles. The van der Waals surface area contributed by atoms with Crippen molar-refractivity contribution < 1.29 is 10.0 Å². The number of nitrogens with one attached hydrogen (secondary N) is 1. The first-order valence-electron chi connectivity index (χ1n) is 8.80. The number of aliphatic hydroxyl groups excluding tert-OH is 1. The second-order valence-electron chi connectivity index (χ2n) is 6.81. The van der Waals surface area contributed by atoms with Crippen molar-refractivity contribution in [1.29, 1.82) is 0 Å². The van der Waals surface area contributed by atoms with Crippen LogP contribution in [0.1, 0.15) is 19.3 Å². The number of nitrogens with zero attached hydrogens (tertiary/aromatic N) is 1. The highest BCUT2D eigenvalue weighted by Gasteiger charge is 2.19. The van der Waals surface area contributed by atoms with E-state index in [-0.39, 0.29) is 6.10 Å². The Morgan fingerprint density at radius 1 is 0.870 bits per heavy atom. The number of para-hydroxylation sites is 2. The second-order valence-corrected chi connectivity index (χ2v) is 6.81. The Bertz CT molecular complexity index is 748. The lowest BCUT2D eigenvalue weighted by Crippen LogP contribution is -3.13. The molecule has 2 heterocycles. The number of aromatic nitrogens is 1. The van der Waals surface area contributed by atoms with E-state index in [0.717, 1.165) is 6.54 Å². The van der Waals surface area contributed by atoms with Crippen LogP contribution in [0, 0.1) is 0 Å². The smallest absolute Gasteiger partial charge is 0.121 e. The maximum atomic E-state index is 10.7. The van der Waals surface area contributed by atoms with Crippen molar-refractivity contribution in [3.63, 3.8) is 0 Å². The van der Waals surface area contributed by atoms with E-state index in [1.807, 2.05) is 0 Å². The summed E-state index contributed by atoms with van der Waals surface area (Å²) in [6.45, 7) is 3.97. The molecule has 0 aliphatic carbocycles. The van der Waals surface area contributed by atoms with E-state index in [0.29, 0.717) is 6.54 Å². The highest BCUT2D eigenvalue weighted by Crippen LogP contribution is 2.28. The highest BCUT2D eigenvalue weighted by atomic mass is 16.3. The van der Waals surface area contributed by atoms with Crippen LogP contribution in [0.25, 0.3) is 21.8 Å². The van der Waals surface area contributed by atoms with Gasteiger partial charge in [-0.2, -0.15) is 0 Å². The predicted octanol–water partition coefficient (Wildman–Crippen LogP) is 2.22. The molecule has 2 N–H and O–H groups in total. The number of benzene rings is 2. The lowest BCUT2D eigenvalue weighted by molar-refractivity contribution is -0.908. The van der Waals surface area contributed by atoms with Crippen LogP contribution < -0.4 is 4.90 Å². The van der Waals surface area contributed by atoms with E-state index in [9.17, 15) is 5.11 Å². The fraction of sp³-hybridized carbons (Fsp3) is 0.400. The fourth-order valence-electron chi connectivity index (χ4n) is 4.06. The average Bonchev–Trinajstić information content (AvgIpc) is 2.90. The summed E-state index contributed by atoms with van der Waals surface area (Å²) in [6, 6.07) is 17.0. The minimum atomic E-state index is -0.290. The lowest BCUT2D eigenvalue weighted by atomic mass is 10.1. The Morgan fingerprint density at radius 2 is 1.43 bits per heavy atom. The van der Waals surface area contributed by atoms with Gasteiger partial charge in [0.25, 0.3) is 0 Å².